The molecule has 2 atom stereocenters. The molecule has 8 nitrogen and oxygen atoms in total. The first-order chi connectivity index (χ1) is 11.9. The lowest BCUT2D eigenvalue weighted by Crippen LogP contribution is -2.47. The highest BCUT2D eigenvalue weighted by Gasteiger charge is 2.38. The number of benzene rings is 1. The van der Waals surface area contributed by atoms with Crippen LogP contribution in [0.1, 0.15) is 35.2 Å². The van der Waals surface area contributed by atoms with E-state index in [1.165, 1.54) is 18.2 Å². The minimum Gasteiger partial charge on any atom is -0.339 e. The number of likely N-dealkylation sites (tertiary alicyclic amines) is 2. The number of nitrogens with two attached hydrogens (primary N) is 1. The van der Waals surface area contributed by atoms with Crippen LogP contribution in [0.2, 0.25) is 0 Å². The fraction of sp³-hybridized carbons (Fsp3) is 0.529. The Morgan fingerprint density at radius 1 is 1.28 bits per heavy atom. The zero-order valence-corrected chi connectivity index (χ0v) is 14.2. The molecular formula is C17H22N4O4. The maximum atomic E-state index is 12.8. The second-order valence-electron chi connectivity index (χ2n) is 6.75. The molecule has 1 aromatic carbocycles. The normalized spacial score (nSPS) is 23.1. The van der Waals surface area contributed by atoms with Crippen LogP contribution >= 0.6 is 0 Å². The highest BCUT2D eigenvalue weighted by Crippen LogP contribution is 2.25. The molecule has 2 saturated heterocycles. The molecule has 0 aliphatic carbocycles. The van der Waals surface area contributed by atoms with Crippen LogP contribution < -0.4 is 5.73 Å². The molecule has 2 fully saturated rings. The van der Waals surface area contributed by atoms with E-state index in [0.29, 0.717) is 37.2 Å². The first kappa shape index (κ1) is 17.3. The Labute approximate surface area is 145 Å². The highest BCUT2D eigenvalue weighted by atomic mass is 16.6. The van der Waals surface area contributed by atoms with Crippen molar-refractivity contribution in [1.82, 2.24) is 9.80 Å². The maximum Gasteiger partial charge on any atom is 0.272 e. The minimum absolute atomic E-state index is 0.00632. The van der Waals surface area contributed by atoms with E-state index in [2.05, 4.69) is 0 Å². The number of hydrogen-bond donors (Lipinski definition) is 1. The predicted octanol–water partition coefficient (Wildman–Crippen LogP) is 1.07. The van der Waals surface area contributed by atoms with Crippen molar-refractivity contribution >= 4 is 17.5 Å². The number of carbonyl (C=O) groups is 2. The second kappa shape index (κ2) is 6.79. The first-order valence-corrected chi connectivity index (χ1v) is 8.49. The largest absolute Gasteiger partial charge is 0.339 e. The van der Waals surface area contributed by atoms with Crippen LogP contribution in [0.25, 0.3) is 0 Å². The Balaban J connectivity index is 1.78. The minimum atomic E-state index is -0.470. The summed E-state index contributed by atoms with van der Waals surface area (Å²) in [5.74, 6) is -0.297. The third kappa shape index (κ3) is 3.34. The average molecular weight is 346 g/mol. The second-order valence-corrected chi connectivity index (χ2v) is 6.75. The molecule has 1 unspecified atom stereocenters. The SMILES string of the molecule is Cc1cc(C(=O)N2CCCC2C(=O)N2CC[C@@H](N)C2)ccc1[N+](=O)[O-]. The van der Waals surface area contributed by atoms with Gasteiger partial charge in [-0.05, 0) is 38.3 Å². The molecule has 1 aromatic rings. The number of amides is 2. The summed E-state index contributed by atoms with van der Waals surface area (Å²) in [5.41, 5.74) is 6.67. The summed E-state index contributed by atoms with van der Waals surface area (Å²) in [5, 5.41) is 10.9. The van der Waals surface area contributed by atoms with Crippen molar-refractivity contribution in [3.63, 3.8) is 0 Å². The predicted molar refractivity (Wildman–Crippen MR) is 91.1 cm³/mol. The number of nitrogens with zero attached hydrogens (tertiary/aromatic N) is 3. The summed E-state index contributed by atoms with van der Waals surface area (Å²) in [6.45, 7) is 3.29. The average Bonchev–Trinajstić information content (AvgIpc) is 3.22. The van der Waals surface area contributed by atoms with Crippen LogP contribution in [0.15, 0.2) is 18.2 Å². The van der Waals surface area contributed by atoms with Crippen LogP contribution in [0.3, 0.4) is 0 Å². The first-order valence-electron chi connectivity index (χ1n) is 8.49. The molecule has 0 radical (unpaired) electrons. The van der Waals surface area contributed by atoms with Gasteiger partial charge in [-0.1, -0.05) is 0 Å². The summed E-state index contributed by atoms with van der Waals surface area (Å²) in [7, 11) is 0. The molecule has 25 heavy (non-hydrogen) atoms. The highest BCUT2D eigenvalue weighted by molar-refractivity contribution is 5.98. The van der Waals surface area contributed by atoms with E-state index in [-0.39, 0.29) is 23.5 Å². The number of hydrogen-bond acceptors (Lipinski definition) is 5. The van der Waals surface area contributed by atoms with Crippen LogP contribution in [0, 0.1) is 17.0 Å². The fourth-order valence-corrected chi connectivity index (χ4v) is 3.62. The lowest BCUT2D eigenvalue weighted by atomic mass is 10.1. The molecule has 0 spiro atoms. The van der Waals surface area contributed by atoms with Crippen LogP contribution in [-0.2, 0) is 4.79 Å². The van der Waals surface area contributed by atoms with Crippen molar-refractivity contribution in [3.05, 3.63) is 39.4 Å². The molecule has 2 heterocycles. The van der Waals surface area contributed by atoms with Gasteiger partial charge in [0, 0.05) is 42.9 Å². The van der Waals surface area contributed by atoms with Gasteiger partial charge in [0.2, 0.25) is 5.91 Å². The van der Waals surface area contributed by atoms with Crippen molar-refractivity contribution in [2.75, 3.05) is 19.6 Å². The van der Waals surface area contributed by atoms with Gasteiger partial charge >= 0.3 is 0 Å². The van der Waals surface area contributed by atoms with Gasteiger partial charge in [-0.15, -0.1) is 0 Å². The van der Waals surface area contributed by atoms with Crippen molar-refractivity contribution in [3.8, 4) is 0 Å². The number of carbonyl (C=O) groups excluding carboxylic acids is 2. The quantitative estimate of drug-likeness (QED) is 0.650. The summed E-state index contributed by atoms with van der Waals surface area (Å²) in [6.07, 6.45) is 2.20. The van der Waals surface area contributed by atoms with Gasteiger partial charge in [-0.3, -0.25) is 19.7 Å². The standard InChI is InChI=1S/C17H22N4O4/c1-11-9-12(4-5-14(11)21(24)25)16(22)20-7-2-3-15(20)17(23)19-8-6-13(18)10-19/h4-5,9,13,15H,2-3,6-8,10,18H2,1H3/t13-,15?/m1/s1. The molecule has 0 bridgehead atoms. The van der Waals surface area contributed by atoms with E-state index in [1.54, 1.807) is 16.7 Å². The molecule has 8 heteroatoms. The van der Waals surface area contributed by atoms with E-state index >= 15 is 0 Å². The van der Waals surface area contributed by atoms with Crippen LogP contribution in [-0.4, -0.2) is 58.3 Å². The Morgan fingerprint density at radius 3 is 2.64 bits per heavy atom. The van der Waals surface area contributed by atoms with Crippen molar-refractivity contribution in [2.45, 2.75) is 38.3 Å². The summed E-state index contributed by atoms with van der Waals surface area (Å²) in [4.78, 5) is 39.4. The molecule has 134 valence electrons. The number of nitro benzene ring substituents is 1. The Kier molecular flexibility index (Phi) is 4.71. The molecule has 2 N–H and O–H groups in total. The summed E-state index contributed by atoms with van der Waals surface area (Å²) < 4.78 is 0. The third-order valence-electron chi connectivity index (χ3n) is 4.98. The van der Waals surface area contributed by atoms with E-state index in [9.17, 15) is 19.7 Å². The topological polar surface area (TPSA) is 110 Å². The van der Waals surface area contributed by atoms with Gasteiger partial charge in [0.1, 0.15) is 6.04 Å². The number of aryl methyl sites for hydroxylation is 1. The molecule has 3 rings (SSSR count). The van der Waals surface area contributed by atoms with Crippen LogP contribution in [0.5, 0.6) is 0 Å². The monoisotopic (exact) mass is 346 g/mol. The zero-order chi connectivity index (χ0) is 18.1. The summed E-state index contributed by atoms with van der Waals surface area (Å²) in [6, 6.07) is 3.86. The molecule has 0 aromatic heterocycles. The van der Waals surface area contributed by atoms with Gasteiger partial charge in [-0.2, -0.15) is 0 Å². The molecule has 2 aliphatic rings. The smallest absolute Gasteiger partial charge is 0.272 e. The van der Waals surface area contributed by atoms with Gasteiger partial charge in [0.15, 0.2) is 0 Å². The van der Waals surface area contributed by atoms with E-state index in [4.69, 9.17) is 5.73 Å². The van der Waals surface area contributed by atoms with Crippen LogP contribution in [0.4, 0.5) is 5.69 Å². The van der Waals surface area contributed by atoms with Gasteiger partial charge < -0.3 is 15.5 Å². The molecule has 2 amide bonds. The fourth-order valence-electron chi connectivity index (χ4n) is 3.62. The van der Waals surface area contributed by atoms with E-state index in [0.717, 1.165) is 12.8 Å². The van der Waals surface area contributed by atoms with Crippen molar-refractivity contribution < 1.29 is 14.5 Å². The lowest BCUT2D eigenvalue weighted by molar-refractivity contribution is -0.385. The molecular weight excluding hydrogens is 324 g/mol. The Hall–Kier alpha value is -2.48. The van der Waals surface area contributed by atoms with E-state index in [1.807, 2.05) is 0 Å². The zero-order valence-electron chi connectivity index (χ0n) is 14.2. The number of rotatable bonds is 3. The van der Waals surface area contributed by atoms with Crippen molar-refractivity contribution in [1.29, 1.82) is 0 Å². The molecule has 2 aliphatic heterocycles. The number of nitro groups is 1. The van der Waals surface area contributed by atoms with Gasteiger partial charge in [0.25, 0.3) is 11.6 Å². The maximum absolute atomic E-state index is 12.8. The Morgan fingerprint density at radius 2 is 2.04 bits per heavy atom. The third-order valence-corrected chi connectivity index (χ3v) is 4.98. The summed E-state index contributed by atoms with van der Waals surface area (Å²) >= 11 is 0. The van der Waals surface area contributed by atoms with Gasteiger partial charge in [0.05, 0.1) is 4.92 Å². The molecule has 0 saturated carbocycles. The van der Waals surface area contributed by atoms with Crippen molar-refractivity contribution in [2.24, 2.45) is 5.73 Å². The van der Waals surface area contributed by atoms with Gasteiger partial charge in [-0.25, -0.2) is 0 Å². The lowest BCUT2D eigenvalue weighted by Gasteiger charge is -2.28. The Bertz CT molecular complexity index is 721. The van der Waals surface area contributed by atoms with E-state index < -0.39 is 11.0 Å².